The number of sulfonamides is 1. The number of rotatable bonds is 4. The number of carbonyl (C=O) groups is 1. The molecule has 1 fully saturated rings. The minimum absolute atomic E-state index is 0.150. The molecule has 1 heterocycles. The number of carboxylic acids is 1. The molecule has 0 radical (unpaired) electrons. The van der Waals surface area contributed by atoms with Crippen molar-refractivity contribution in [1.29, 1.82) is 5.26 Å². The third-order valence-corrected chi connectivity index (χ3v) is 5.86. The summed E-state index contributed by atoms with van der Waals surface area (Å²) >= 11 is 1.28. The molecular weight excluding hydrogens is 300 g/mol. The number of aliphatic carboxylic acids is 1. The SMILES string of the molecule is N#Cc1cccc(CS(=O)(=O)N2CSCC2C(=O)O)c1. The summed E-state index contributed by atoms with van der Waals surface area (Å²) in [4.78, 5) is 11.0. The van der Waals surface area contributed by atoms with Crippen LogP contribution in [-0.2, 0) is 20.6 Å². The maximum atomic E-state index is 12.3. The van der Waals surface area contributed by atoms with E-state index in [-0.39, 0.29) is 17.4 Å². The van der Waals surface area contributed by atoms with E-state index in [0.717, 1.165) is 4.31 Å². The van der Waals surface area contributed by atoms with Crippen molar-refractivity contribution in [3.8, 4) is 6.07 Å². The highest BCUT2D eigenvalue weighted by Crippen LogP contribution is 2.26. The smallest absolute Gasteiger partial charge is 0.322 e. The Morgan fingerprint density at radius 1 is 1.55 bits per heavy atom. The fraction of sp³-hybridized carbons (Fsp3) is 0.333. The van der Waals surface area contributed by atoms with E-state index in [2.05, 4.69) is 0 Å². The Morgan fingerprint density at radius 3 is 2.95 bits per heavy atom. The third-order valence-electron chi connectivity index (χ3n) is 2.89. The molecule has 1 unspecified atom stereocenters. The van der Waals surface area contributed by atoms with Crippen molar-refractivity contribution in [2.75, 3.05) is 11.6 Å². The van der Waals surface area contributed by atoms with Crippen molar-refractivity contribution in [2.45, 2.75) is 11.8 Å². The van der Waals surface area contributed by atoms with Crippen LogP contribution in [0.15, 0.2) is 24.3 Å². The summed E-state index contributed by atoms with van der Waals surface area (Å²) in [6.45, 7) is 0. The van der Waals surface area contributed by atoms with Gasteiger partial charge in [0.2, 0.25) is 10.0 Å². The van der Waals surface area contributed by atoms with Crippen molar-refractivity contribution < 1.29 is 18.3 Å². The van der Waals surface area contributed by atoms with Crippen LogP contribution in [-0.4, -0.2) is 41.5 Å². The molecule has 1 N–H and O–H groups in total. The number of hydrogen-bond donors (Lipinski definition) is 1. The van der Waals surface area contributed by atoms with E-state index >= 15 is 0 Å². The molecule has 20 heavy (non-hydrogen) atoms. The number of hydrogen-bond acceptors (Lipinski definition) is 5. The molecule has 1 aromatic rings. The van der Waals surface area contributed by atoms with Gasteiger partial charge in [-0.15, -0.1) is 11.8 Å². The van der Waals surface area contributed by atoms with Gasteiger partial charge >= 0.3 is 5.97 Å². The van der Waals surface area contributed by atoms with Gasteiger partial charge in [-0.3, -0.25) is 4.79 Å². The van der Waals surface area contributed by atoms with Crippen LogP contribution in [0.1, 0.15) is 11.1 Å². The quantitative estimate of drug-likeness (QED) is 0.885. The summed E-state index contributed by atoms with van der Waals surface area (Å²) in [5, 5.41) is 17.8. The minimum atomic E-state index is -3.71. The fourth-order valence-electron chi connectivity index (χ4n) is 1.92. The Balaban J connectivity index is 2.23. The Bertz CT molecular complexity index is 666. The molecule has 1 aromatic carbocycles. The second-order valence-electron chi connectivity index (χ2n) is 4.31. The van der Waals surface area contributed by atoms with Crippen LogP contribution in [0.3, 0.4) is 0 Å². The van der Waals surface area contributed by atoms with E-state index in [9.17, 15) is 13.2 Å². The zero-order valence-electron chi connectivity index (χ0n) is 10.4. The maximum absolute atomic E-state index is 12.3. The number of nitrogens with zero attached hydrogens (tertiary/aromatic N) is 2. The third kappa shape index (κ3) is 3.12. The van der Waals surface area contributed by atoms with Crippen molar-refractivity contribution >= 4 is 27.8 Å². The molecule has 0 spiro atoms. The first-order valence-electron chi connectivity index (χ1n) is 5.73. The highest BCUT2D eigenvalue weighted by atomic mass is 32.2. The molecule has 6 nitrogen and oxygen atoms in total. The molecule has 0 bridgehead atoms. The topological polar surface area (TPSA) is 98.5 Å². The maximum Gasteiger partial charge on any atom is 0.322 e. The number of thioether (sulfide) groups is 1. The summed E-state index contributed by atoms with van der Waals surface area (Å²) in [6.07, 6.45) is 0. The number of benzene rings is 1. The zero-order chi connectivity index (χ0) is 14.8. The van der Waals surface area contributed by atoms with Gasteiger partial charge in [-0.25, -0.2) is 8.42 Å². The molecule has 0 saturated carbocycles. The minimum Gasteiger partial charge on any atom is -0.480 e. The monoisotopic (exact) mass is 312 g/mol. The van der Waals surface area contributed by atoms with Crippen LogP contribution < -0.4 is 0 Å². The Kier molecular flexibility index (Phi) is 4.32. The largest absolute Gasteiger partial charge is 0.480 e. The summed E-state index contributed by atoms with van der Waals surface area (Å²) in [5.74, 6) is -1.03. The predicted octanol–water partition coefficient (Wildman–Crippen LogP) is 0.848. The molecule has 0 aromatic heterocycles. The van der Waals surface area contributed by atoms with Gasteiger partial charge in [-0.05, 0) is 17.7 Å². The Hall–Kier alpha value is -1.56. The second-order valence-corrected chi connectivity index (χ2v) is 7.23. The molecule has 106 valence electrons. The highest BCUT2D eigenvalue weighted by Gasteiger charge is 2.39. The molecule has 8 heteroatoms. The number of nitriles is 1. The second kappa shape index (κ2) is 5.83. The van der Waals surface area contributed by atoms with Gasteiger partial charge in [-0.1, -0.05) is 12.1 Å². The molecule has 0 aliphatic carbocycles. The lowest BCUT2D eigenvalue weighted by Crippen LogP contribution is -2.42. The summed E-state index contributed by atoms with van der Waals surface area (Å²) < 4.78 is 25.6. The first kappa shape index (κ1) is 14.8. The van der Waals surface area contributed by atoms with Crippen LogP contribution >= 0.6 is 11.8 Å². The predicted molar refractivity (Wildman–Crippen MR) is 74.4 cm³/mol. The van der Waals surface area contributed by atoms with Crippen LogP contribution in [0.4, 0.5) is 0 Å². The fourth-order valence-corrected chi connectivity index (χ4v) is 5.21. The van der Waals surface area contributed by atoms with Gasteiger partial charge in [0, 0.05) is 5.75 Å². The van der Waals surface area contributed by atoms with Gasteiger partial charge in [0.1, 0.15) is 6.04 Å². The average molecular weight is 312 g/mol. The molecule has 1 aliphatic heterocycles. The normalized spacial score (nSPS) is 19.6. The van der Waals surface area contributed by atoms with Crippen LogP contribution in [0.2, 0.25) is 0 Å². The lowest BCUT2D eigenvalue weighted by Gasteiger charge is -2.20. The van der Waals surface area contributed by atoms with Crippen LogP contribution in [0.25, 0.3) is 0 Å². The van der Waals surface area contributed by atoms with E-state index in [0.29, 0.717) is 11.1 Å². The number of carboxylic acid groups (broad SMARTS) is 1. The van der Waals surface area contributed by atoms with Crippen molar-refractivity contribution in [3.05, 3.63) is 35.4 Å². The Labute approximate surface area is 121 Å². The molecule has 1 atom stereocenters. The molecule has 1 aliphatic rings. The average Bonchev–Trinajstić information content (AvgIpc) is 2.88. The van der Waals surface area contributed by atoms with E-state index in [4.69, 9.17) is 10.4 Å². The molecular formula is C12H12N2O4S2. The molecule has 2 rings (SSSR count). The molecule has 0 amide bonds. The van der Waals surface area contributed by atoms with Crippen LogP contribution in [0.5, 0.6) is 0 Å². The summed E-state index contributed by atoms with van der Waals surface area (Å²) in [5.41, 5.74) is 0.855. The lowest BCUT2D eigenvalue weighted by molar-refractivity contribution is -0.140. The van der Waals surface area contributed by atoms with E-state index in [1.807, 2.05) is 6.07 Å². The van der Waals surface area contributed by atoms with Crippen LogP contribution in [0, 0.1) is 11.3 Å². The first-order valence-corrected chi connectivity index (χ1v) is 8.49. The molecule has 1 saturated heterocycles. The van der Waals surface area contributed by atoms with E-state index < -0.39 is 22.0 Å². The van der Waals surface area contributed by atoms with Crippen molar-refractivity contribution in [3.63, 3.8) is 0 Å². The lowest BCUT2D eigenvalue weighted by atomic mass is 10.2. The van der Waals surface area contributed by atoms with Gasteiger partial charge in [-0.2, -0.15) is 9.57 Å². The van der Waals surface area contributed by atoms with Crippen molar-refractivity contribution in [1.82, 2.24) is 4.31 Å². The summed E-state index contributed by atoms with van der Waals surface area (Å²) in [6, 6.07) is 7.23. The van der Waals surface area contributed by atoms with E-state index in [1.165, 1.54) is 17.8 Å². The zero-order valence-corrected chi connectivity index (χ0v) is 12.0. The summed E-state index contributed by atoms with van der Waals surface area (Å²) in [7, 11) is -3.71. The van der Waals surface area contributed by atoms with E-state index in [1.54, 1.807) is 18.2 Å². The Morgan fingerprint density at radius 2 is 2.30 bits per heavy atom. The highest BCUT2D eigenvalue weighted by molar-refractivity contribution is 8.00. The standard InChI is InChI=1S/C12H12N2O4S2/c13-5-9-2-1-3-10(4-9)7-20(17,18)14-8-19-6-11(14)12(15)16/h1-4,11H,6-8H2,(H,15,16). The van der Waals surface area contributed by atoms with Gasteiger partial charge < -0.3 is 5.11 Å². The van der Waals surface area contributed by atoms with Crippen molar-refractivity contribution in [2.24, 2.45) is 0 Å². The first-order chi connectivity index (χ1) is 9.44. The van der Waals surface area contributed by atoms with Gasteiger partial charge in [0.05, 0.1) is 23.3 Å². The van der Waals surface area contributed by atoms with Gasteiger partial charge in [0.25, 0.3) is 0 Å². The van der Waals surface area contributed by atoms with Gasteiger partial charge in [0.15, 0.2) is 0 Å².